The van der Waals surface area contributed by atoms with Crippen molar-refractivity contribution in [3.05, 3.63) is 35.1 Å². The topological polar surface area (TPSA) is 93.4 Å². The molecular weight excluding hydrogens is 322 g/mol. The Balaban J connectivity index is 1.64. The third kappa shape index (κ3) is 3.79. The normalized spacial score (nSPS) is 17.6. The van der Waals surface area contributed by atoms with Gasteiger partial charge >= 0.3 is 0 Å². The summed E-state index contributed by atoms with van der Waals surface area (Å²) in [5.41, 5.74) is 2.60. The lowest BCUT2D eigenvalue weighted by atomic mass is 10.1. The van der Waals surface area contributed by atoms with Crippen LogP contribution < -0.4 is 5.32 Å². The molecule has 8 heteroatoms. The van der Waals surface area contributed by atoms with Crippen LogP contribution in [0.1, 0.15) is 35.2 Å². The molecule has 1 fully saturated rings. The van der Waals surface area contributed by atoms with Gasteiger partial charge in [0.25, 0.3) is 0 Å². The Morgan fingerprint density at radius 3 is 2.88 bits per heavy atom. The van der Waals surface area contributed by atoms with Gasteiger partial charge in [0.2, 0.25) is 5.91 Å². The van der Waals surface area contributed by atoms with Gasteiger partial charge in [-0.3, -0.25) is 9.78 Å². The monoisotopic (exact) mass is 345 g/mol. The van der Waals surface area contributed by atoms with Gasteiger partial charge in [0.1, 0.15) is 23.4 Å². The molecule has 3 rings (SSSR count). The number of aromatic nitrogens is 3. The maximum Gasteiger partial charge on any atom is 0.223 e. The Morgan fingerprint density at radius 2 is 2.16 bits per heavy atom. The standard InChI is InChI=1S/C17H23N5O3/c1-11-13(12(2)25-21-11)4-5-15(23)22-8-9-24-14(10-22)16-17(18-3)20-7-6-19-16/h6-7,14H,4-5,8-10H2,1-3H3,(H,18,20)/t14-/m1/s1. The van der Waals surface area contributed by atoms with Gasteiger partial charge in [0.05, 0.1) is 18.8 Å². The van der Waals surface area contributed by atoms with E-state index < -0.39 is 0 Å². The number of morpholine rings is 1. The molecule has 8 nitrogen and oxygen atoms in total. The van der Waals surface area contributed by atoms with Crippen molar-refractivity contribution in [1.82, 2.24) is 20.0 Å². The molecule has 0 radical (unpaired) electrons. The number of hydrogen-bond acceptors (Lipinski definition) is 7. The highest BCUT2D eigenvalue weighted by atomic mass is 16.5. The van der Waals surface area contributed by atoms with E-state index in [4.69, 9.17) is 9.26 Å². The molecule has 0 unspecified atom stereocenters. The number of nitrogens with zero attached hydrogens (tertiary/aromatic N) is 4. The first kappa shape index (κ1) is 17.3. The first-order chi connectivity index (χ1) is 12.1. The van der Waals surface area contributed by atoms with Crippen LogP contribution in [0.3, 0.4) is 0 Å². The predicted octanol–water partition coefficient (Wildman–Crippen LogP) is 1.66. The minimum absolute atomic E-state index is 0.100. The molecular formula is C17H23N5O3. The number of anilines is 1. The summed E-state index contributed by atoms with van der Waals surface area (Å²) >= 11 is 0. The van der Waals surface area contributed by atoms with E-state index in [1.54, 1.807) is 19.4 Å². The second-order valence-electron chi connectivity index (χ2n) is 6.04. The van der Waals surface area contributed by atoms with Gasteiger partial charge in [0, 0.05) is 38.0 Å². The summed E-state index contributed by atoms with van der Waals surface area (Å²) in [5, 5.41) is 6.95. The second-order valence-corrected chi connectivity index (χ2v) is 6.04. The molecule has 1 aliphatic heterocycles. The van der Waals surface area contributed by atoms with E-state index in [-0.39, 0.29) is 12.0 Å². The minimum Gasteiger partial charge on any atom is -0.372 e. The molecule has 134 valence electrons. The molecule has 2 aromatic heterocycles. The Hall–Kier alpha value is -2.48. The lowest BCUT2D eigenvalue weighted by molar-refractivity contribution is -0.139. The lowest BCUT2D eigenvalue weighted by Crippen LogP contribution is -2.42. The van der Waals surface area contributed by atoms with Crippen molar-refractivity contribution in [2.45, 2.75) is 32.8 Å². The molecule has 2 aromatic rings. The fraction of sp³-hybridized carbons (Fsp3) is 0.529. The van der Waals surface area contributed by atoms with Crippen molar-refractivity contribution in [1.29, 1.82) is 0 Å². The fourth-order valence-corrected chi connectivity index (χ4v) is 3.07. The predicted molar refractivity (Wildman–Crippen MR) is 91.1 cm³/mol. The number of ether oxygens (including phenoxy) is 1. The minimum atomic E-state index is -0.270. The molecule has 0 saturated carbocycles. The number of carbonyl (C=O) groups is 1. The zero-order valence-corrected chi connectivity index (χ0v) is 14.8. The van der Waals surface area contributed by atoms with Crippen LogP contribution in [-0.4, -0.2) is 52.7 Å². The lowest BCUT2D eigenvalue weighted by Gasteiger charge is -2.33. The average Bonchev–Trinajstić information content (AvgIpc) is 2.97. The zero-order chi connectivity index (χ0) is 17.8. The van der Waals surface area contributed by atoms with E-state index in [0.29, 0.717) is 38.4 Å². The van der Waals surface area contributed by atoms with E-state index in [1.165, 1.54) is 0 Å². The van der Waals surface area contributed by atoms with Gasteiger partial charge in [-0.2, -0.15) is 0 Å². The highest BCUT2D eigenvalue weighted by Crippen LogP contribution is 2.25. The number of aryl methyl sites for hydroxylation is 2. The third-order valence-electron chi connectivity index (χ3n) is 4.46. The van der Waals surface area contributed by atoms with Gasteiger partial charge < -0.3 is 19.5 Å². The van der Waals surface area contributed by atoms with E-state index in [9.17, 15) is 4.79 Å². The van der Waals surface area contributed by atoms with Crippen LogP contribution in [0, 0.1) is 13.8 Å². The third-order valence-corrected chi connectivity index (χ3v) is 4.46. The molecule has 1 atom stereocenters. The van der Waals surface area contributed by atoms with Gasteiger partial charge in [0.15, 0.2) is 0 Å². The molecule has 1 N–H and O–H groups in total. The molecule has 25 heavy (non-hydrogen) atoms. The Bertz CT molecular complexity index is 726. The summed E-state index contributed by atoms with van der Waals surface area (Å²) in [6.07, 6.45) is 4.06. The summed E-state index contributed by atoms with van der Waals surface area (Å²) in [5.74, 6) is 1.56. The second kappa shape index (κ2) is 7.60. The first-order valence-corrected chi connectivity index (χ1v) is 8.40. The van der Waals surface area contributed by atoms with Crippen LogP contribution in [0.15, 0.2) is 16.9 Å². The molecule has 0 spiro atoms. The maximum absolute atomic E-state index is 12.6. The number of nitrogens with one attached hydrogen (secondary N) is 1. The first-order valence-electron chi connectivity index (χ1n) is 8.40. The highest BCUT2D eigenvalue weighted by Gasteiger charge is 2.28. The molecule has 3 heterocycles. The summed E-state index contributed by atoms with van der Waals surface area (Å²) in [7, 11) is 1.79. The quantitative estimate of drug-likeness (QED) is 0.880. The van der Waals surface area contributed by atoms with Gasteiger partial charge in [-0.1, -0.05) is 5.16 Å². The number of rotatable bonds is 5. The van der Waals surface area contributed by atoms with Gasteiger partial charge in [-0.05, 0) is 20.3 Å². The molecule has 1 aliphatic rings. The Kier molecular flexibility index (Phi) is 5.28. The van der Waals surface area contributed by atoms with Gasteiger partial charge in [-0.25, -0.2) is 4.98 Å². The van der Waals surface area contributed by atoms with E-state index >= 15 is 0 Å². The maximum atomic E-state index is 12.6. The molecule has 0 aliphatic carbocycles. The smallest absolute Gasteiger partial charge is 0.223 e. The van der Waals surface area contributed by atoms with Crippen molar-refractivity contribution < 1.29 is 14.1 Å². The van der Waals surface area contributed by atoms with Crippen molar-refractivity contribution >= 4 is 11.7 Å². The van der Waals surface area contributed by atoms with Crippen LogP contribution >= 0.6 is 0 Å². The van der Waals surface area contributed by atoms with Crippen molar-refractivity contribution in [3.63, 3.8) is 0 Å². The van der Waals surface area contributed by atoms with Crippen molar-refractivity contribution in [2.24, 2.45) is 0 Å². The van der Waals surface area contributed by atoms with Crippen LogP contribution in [-0.2, 0) is 16.0 Å². The van der Waals surface area contributed by atoms with E-state index in [1.807, 2.05) is 18.7 Å². The van der Waals surface area contributed by atoms with E-state index in [2.05, 4.69) is 20.4 Å². The fourth-order valence-electron chi connectivity index (χ4n) is 3.07. The van der Waals surface area contributed by atoms with Crippen molar-refractivity contribution in [3.8, 4) is 0 Å². The summed E-state index contributed by atoms with van der Waals surface area (Å²) in [6.45, 7) is 5.33. The van der Waals surface area contributed by atoms with Crippen molar-refractivity contribution in [2.75, 3.05) is 32.1 Å². The number of hydrogen-bond donors (Lipinski definition) is 1. The summed E-state index contributed by atoms with van der Waals surface area (Å²) in [6, 6.07) is 0. The SMILES string of the molecule is CNc1nccnc1[C@H]1CN(C(=O)CCc2c(C)noc2C)CCO1. The molecule has 0 aromatic carbocycles. The summed E-state index contributed by atoms with van der Waals surface area (Å²) < 4.78 is 11.0. The van der Waals surface area contributed by atoms with Crippen LogP contribution in [0.25, 0.3) is 0 Å². The molecule has 1 amide bonds. The Morgan fingerprint density at radius 1 is 1.36 bits per heavy atom. The number of amides is 1. The molecule has 0 bridgehead atoms. The highest BCUT2D eigenvalue weighted by molar-refractivity contribution is 5.76. The van der Waals surface area contributed by atoms with Crippen LogP contribution in [0.5, 0.6) is 0 Å². The van der Waals surface area contributed by atoms with E-state index in [0.717, 1.165) is 22.7 Å². The number of carbonyl (C=O) groups excluding carboxylic acids is 1. The molecule has 1 saturated heterocycles. The zero-order valence-electron chi connectivity index (χ0n) is 14.8. The summed E-state index contributed by atoms with van der Waals surface area (Å²) in [4.78, 5) is 23.1. The average molecular weight is 345 g/mol. The Labute approximate surface area is 146 Å². The largest absolute Gasteiger partial charge is 0.372 e. The van der Waals surface area contributed by atoms with Crippen LogP contribution in [0.2, 0.25) is 0 Å². The van der Waals surface area contributed by atoms with Crippen LogP contribution in [0.4, 0.5) is 5.82 Å². The van der Waals surface area contributed by atoms with Gasteiger partial charge in [-0.15, -0.1) is 0 Å².